The number of carbonyl (C=O) groups is 9. The predicted molar refractivity (Wildman–Crippen MR) is 395 cm³/mol. The molecule has 6 aliphatic heterocycles. The van der Waals surface area contributed by atoms with Crippen LogP contribution < -0.4 is 23.9 Å². The summed E-state index contributed by atoms with van der Waals surface area (Å²) in [5.41, 5.74) is -2.83. The summed E-state index contributed by atoms with van der Waals surface area (Å²) in [6, 6.07) is 8.21. The number of pyridine rings is 2. The molecule has 25 heteroatoms. The molecule has 2 aromatic carbocycles. The molecule has 2 spiro atoms. The lowest BCUT2D eigenvalue weighted by Gasteiger charge is -2.37. The Kier molecular flexibility index (Phi) is 20.6. The number of hydrogen-bond acceptors (Lipinski definition) is 19. The van der Waals surface area contributed by atoms with Gasteiger partial charge in [-0.1, -0.05) is 77.7 Å². The van der Waals surface area contributed by atoms with Gasteiger partial charge in [0.2, 0.25) is 36.1 Å². The Morgan fingerprint density at radius 2 is 1.29 bits per heavy atom. The zero-order chi connectivity index (χ0) is 75.9. The van der Waals surface area contributed by atoms with Gasteiger partial charge >= 0.3 is 11.9 Å². The Hall–Kier alpha value is -8.06. The van der Waals surface area contributed by atoms with Gasteiger partial charge in [0.1, 0.15) is 39.9 Å². The number of rotatable bonds is 9. The van der Waals surface area contributed by atoms with Crippen LogP contribution in [-0.4, -0.2) is 153 Å². The van der Waals surface area contributed by atoms with E-state index in [1.807, 2.05) is 44.2 Å². The number of phenolic OH excluding ortho intramolecular Hbond substituents is 1. The van der Waals surface area contributed by atoms with Crippen LogP contribution in [0.3, 0.4) is 0 Å². The number of carbonyl (C=O) groups excluding carboxylic acids is 9. The maximum atomic E-state index is 14.7. The van der Waals surface area contributed by atoms with Crippen molar-refractivity contribution in [2.75, 3.05) is 19.7 Å². The summed E-state index contributed by atoms with van der Waals surface area (Å²) in [5, 5.41) is 14.2. The molecule has 4 amide bonds. The second-order valence-electron chi connectivity index (χ2n) is 34.2. The molecule has 0 radical (unpaired) electrons. The number of fused-ring (bicyclic) bond motifs is 10. The zero-order valence-corrected chi connectivity index (χ0v) is 65.0. The first-order valence-corrected chi connectivity index (χ1v) is 42.1. The second kappa shape index (κ2) is 28.3. The minimum absolute atomic E-state index is 0.00194. The molecule has 8 heterocycles. The normalized spacial score (nSPS) is 29.8. The van der Waals surface area contributed by atoms with Crippen LogP contribution in [0, 0.1) is 42.9 Å². The van der Waals surface area contributed by atoms with Crippen molar-refractivity contribution < 1.29 is 80.0 Å². The Balaban J connectivity index is 0.000000198. The standard InChI is InChI=1S/C40H50N4O10S.C40H54N2O7Si/c1-23-33-32(27-18-26(45)13-14-28(27)41-23)30(46)21-39(54-33)20-29-34(48)42-40(36(50)43-55(51,52)38(5)15-16-38)19-25(40)12-10-8-6-7-9-11-24(35(49)44(29)22-39)17-31(47)53-37(2,3)4;1-9-47-37(46)40-20-27(40)16-14-12-10-11-13-15-25(2)36(45)42-24-39(21-31(42)32(43)23-40)22-33(44)34-29-19-28(49-50(7,8)38(4,5)6)17-18-30(29)41-26(3)35(34)48-39/h10,12-14,18,24-25,29,45H,6-9,11,15-17,19-22H2,1-5H3,(H,42,48)(H,43,50);14,16-19,25,27,31H,9-13,15,20-24H2,1-8H3/b12-10-;16-14-/t24-,25-,29+,39+,40-;25-,27+,31-,39?,40?/m10/s1. The smallest absolute Gasteiger partial charge is 0.313 e. The molecule has 5 fully saturated rings. The van der Waals surface area contributed by atoms with E-state index in [0.717, 1.165) is 44.9 Å². The van der Waals surface area contributed by atoms with E-state index in [2.05, 4.69) is 61.0 Å². The molecule has 10 atom stereocenters. The maximum absolute atomic E-state index is 14.7. The molecule has 0 bridgehead atoms. The van der Waals surface area contributed by atoms with Crippen LogP contribution >= 0.6 is 0 Å². The lowest BCUT2D eigenvalue weighted by atomic mass is 9.84. The van der Waals surface area contributed by atoms with Crippen molar-refractivity contribution >= 4 is 93.1 Å². The third kappa shape index (κ3) is 15.3. The summed E-state index contributed by atoms with van der Waals surface area (Å²) in [7, 11) is -6.18. The number of ether oxygens (including phenoxy) is 4. The van der Waals surface area contributed by atoms with Gasteiger partial charge in [0.25, 0.3) is 5.91 Å². The Morgan fingerprint density at radius 3 is 1.87 bits per heavy atom. The third-order valence-corrected chi connectivity index (χ3v) is 30.2. The highest BCUT2D eigenvalue weighted by atomic mass is 32.2. The summed E-state index contributed by atoms with van der Waals surface area (Å²) in [6.07, 6.45) is 16.9. The SMILES string of the molecule is CCOC(=O)C12CC(=O)[C@@H]3CC4(CC(=O)c5c(c(C)nc6ccc(O[Si](C)(C)C(C)(C)C)cc56)O4)CN3C(=O)[C@@H](C)CCCCC/C=C\[C@@H]1C2.Cc1nc2ccc(O)cc2c2c1O[C@]1(CC2=O)C[C@H]2C(=O)N[C@]3(C(=O)NS(=O)(=O)C4(C)CC4)C[C@H]3/C=C\CCCCC[C@H](CC(=O)OC(C)(C)C)C(=O)N2C1. The van der Waals surface area contributed by atoms with Crippen LogP contribution in [0.5, 0.6) is 23.0 Å². The molecular weight excluding hydrogens is 1380 g/mol. The minimum Gasteiger partial charge on any atom is -0.543 e. The van der Waals surface area contributed by atoms with E-state index < -0.39 is 98.5 Å². The van der Waals surface area contributed by atoms with Gasteiger partial charge in [-0.05, 0) is 173 Å². The van der Waals surface area contributed by atoms with Crippen molar-refractivity contribution in [3.8, 4) is 23.0 Å². The molecule has 2 aromatic heterocycles. The molecule has 4 aromatic rings. The van der Waals surface area contributed by atoms with Gasteiger partial charge in [0, 0.05) is 47.8 Å². The van der Waals surface area contributed by atoms with E-state index in [1.54, 1.807) is 52.5 Å². The van der Waals surface area contributed by atoms with Gasteiger partial charge in [-0.15, -0.1) is 0 Å². The first kappa shape index (κ1) is 76.6. The first-order chi connectivity index (χ1) is 49.3. The summed E-state index contributed by atoms with van der Waals surface area (Å²) < 4.78 is 58.8. The van der Waals surface area contributed by atoms with E-state index in [9.17, 15) is 56.7 Å². The number of nitrogens with zero attached hydrogens (tertiary/aromatic N) is 4. The quantitative estimate of drug-likeness (QED) is 0.0796. The number of amides is 4. The van der Waals surface area contributed by atoms with E-state index in [4.69, 9.17) is 28.4 Å². The molecule has 9 aliphatic rings. The lowest BCUT2D eigenvalue weighted by molar-refractivity contribution is -0.159. The molecule has 566 valence electrons. The molecule has 23 nitrogen and oxygen atoms in total. The van der Waals surface area contributed by atoms with Gasteiger partial charge in [0.15, 0.2) is 28.8 Å². The number of benzene rings is 2. The van der Waals surface area contributed by atoms with Crippen LogP contribution in [-0.2, 0) is 53.1 Å². The zero-order valence-electron chi connectivity index (χ0n) is 63.2. The topological polar surface area (TPSA) is 310 Å². The molecule has 105 heavy (non-hydrogen) atoms. The molecule has 13 rings (SSSR count). The van der Waals surface area contributed by atoms with Crippen LogP contribution in [0.25, 0.3) is 21.8 Å². The van der Waals surface area contributed by atoms with Crippen molar-refractivity contribution in [2.45, 2.75) is 262 Å². The van der Waals surface area contributed by atoms with Gasteiger partial charge in [-0.2, -0.15) is 0 Å². The molecule has 3 aliphatic carbocycles. The molecule has 3 N–H and O–H groups in total. The number of aromatic hydroxyl groups is 1. The molecular formula is C80H104N6O17SSi. The highest BCUT2D eigenvalue weighted by Gasteiger charge is 2.66. The number of aromatic nitrogens is 2. The fourth-order valence-electron chi connectivity index (χ4n) is 16.2. The first-order valence-electron chi connectivity index (χ1n) is 37.7. The maximum Gasteiger partial charge on any atom is 0.313 e. The number of aryl methyl sites for hydroxylation is 2. The van der Waals surface area contributed by atoms with E-state index >= 15 is 0 Å². The minimum atomic E-state index is -4.03. The van der Waals surface area contributed by atoms with Crippen LogP contribution in [0.15, 0.2) is 60.7 Å². The van der Waals surface area contributed by atoms with E-state index in [-0.39, 0.29) is 128 Å². The number of sulfonamides is 1. The average Bonchev–Trinajstić information content (AvgIpc) is 1.18. The lowest BCUT2D eigenvalue weighted by Crippen LogP contribution is -2.57. The predicted octanol–water partition coefficient (Wildman–Crippen LogP) is 12.2. The summed E-state index contributed by atoms with van der Waals surface area (Å²) >= 11 is 0. The largest absolute Gasteiger partial charge is 0.543 e. The highest BCUT2D eigenvalue weighted by molar-refractivity contribution is 7.91. The van der Waals surface area contributed by atoms with Crippen molar-refractivity contribution in [3.63, 3.8) is 0 Å². The fourth-order valence-corrected chi connectivity index (χ4v) is 18.5. The van der Waals surface area contributed by atoms with E-state index in [0.29, 0.717) is 88.8 Å². The fraction of sp³-hybridized carbons (Fsp3) is 0.613. The number of hydrogen-bond donors (Lipinski definition) is 3. The van der Waals surface area contributed by atoms with Crippen LogP contribution in [0.1, 0.15) is 223 Å². The Bertz CT molecular complexity index is 4420. The van der Waals surface area contributed by atoms with Gasteiger partial charge in [-0.25, -0.2) is 18.4 Å². The van der Waals surface area contributed by atoms with Crippen molar-refractivity contribution in [1.82, 2.24) is 29.8 Å². The molecule has 3 saturated carbocycles. The number of nitrogens with one attached hydrogen (secondary N) is 2. The van der Waals surface area contributed by atoms with Gasteiger partial charge in [0.05, 0.1) is 88.7 Å². The number of allylic oxidation sites excluding steroid dienone is 3. The monoisotopic (exact) mass is 1480 g/mol. The summed E-state index contributed by atoms with van der Waals surface area (Å²) in [4.78, 5) is 139. The number of phenols is 1. The number of esters is 2. The third-order valence-electron chi connectivity index (χ3n) is 23.7. The van der Waals surface area contributed by atoms with Crippen molar-refractivity contribution in [1.29, 1.82) is 0 Å². The summed E-state index contributed by atoms with van der Waals surface area (Å²) in [6.45, 7) is 25.1. The Labute approximate surface area is 616 Å². The number of Topliss-reactive ketones (excluding diaryl/α,β-unsaturated/α-hetero) is 3. The molecule has 2 unspecified atom stereocenters. The molecule has 2 saturated heterocycles. The van der Waals surface area contributed by atoms with Gasteiger partial charge < -0.3 is 43.6 Å². The summed E-state index contributed by atoms with van der Waals surface area (Å²) in [5.74, 6) is -4.06. The van der Waals surface area contributed by atoms with E-state index in [1.165, 1.54) is 17.0 Å². The second-order valence-corrected chi connectivity index (χ2v) is 41.1. The average molecular weight is 1480 g/mol. The Morgan fingerprint density at radius 1 is 0.724 bits per heavy atom. The number of ketones is 3. The van der Waals surface area contributed by atoms with Crippen molar-refractivity contribution in [2.24, 2.45) is 29.1 Å². The van der Waals surface area contributed by atoms with Gasteiger partial charge in [-0.3, -0.25) is 47.9 Å². The van der Waals surface area contributed by atoms with Crippen LogP contribution in [0.2, 0.25) is 18.1 Å². The highest BCUT2D eigenvalue weighted by Crippen LogP contribution is 2.59. The van der Waals surface area contributed by atoms with Crippen molar-refractivity contribution in [3.05, 3.63) is 83.2 Å². The van der Waals surface area contributed by atoms with Crippen LogP contribution in [0.4, 0.5) is 0 Å².